The Morgan fingerprint density at radius 2 is 1.57 bits per heavy atom. The number of hydrogen-bond donors (Lipinski definition) is 2. The van der Waals surface area contributed by atoms with Gasteiger partial charge in [0.05, 0.1) is 12.0 Å². The molecular formula is C29H23N3O4S. The molecule has 1 aromatic heterocycles. The van der Waals surface area contributed by atoms with E-state index >= 15 is 0 Å². The molecule has 2 N–H and O–H groups in total. The van der Waals surface area contributed by atoms with Crippen LogP contribution in [0.25, 0.3) is 0 Å². The molecule has 3 aromatic carbocycles. The van der Waals surface area contributed by atoms with Crippen molar-refractivity contribution in [1.82, 2.24) is 0 Å². The Hall–Kier alpha value is -4.56. The predicted molar refractivity (Wildman–Crippen MR) is 144 cm³/mol. The maximum atomic E-state index is 13.6. The van der Waals surface area contributed by atoms with Gasteiger partial charge in [0.25, 0.3) is 17.7 Å². The lowest BCUT2D eigenvalue weighted by molar-refractivity contribution is -0.120. The number of thioether (sulfide) groups is 1. The summed E-state index contributed by atoms with van der Waals surface area (Å²) in [6.45, 7) is 3.93. The molecule has 0 radical (unpaired) electrons. The number of furan rings is 1. The third-order valence-electron chi connectivity index (χ3n) is 5.91. The number of carbonyl (C=O) groups excluding carboxylic acids is 3. The molecule has 5 rings (SSSR count). The monoisotopic (exact) mass is 509 g/mol. The lowest BCUT2D eigenvalue weighted by Gasteiger charge is -2.16. The lowest BCUT2D eigenvalue weighted by Crippen LogP contribution is -2.32. The molecule has 0 spiro atoms. The number of aryl methyl sites for hydroxylation is 2. The highest BCUT2D eigenvalue weighted by Crippen LogP contribution is 2.38. The van der Waals surface area contributed by atoms with Gasteiger partial charge in [0.15, 0.2) is 5.76 Å². The number of rotatable bonds is 7. The van der Waals surface area contributed by atoms with Crippen LogP contribution in [0, 0.1) is 13.8 Å². The fraction of sp³-hybridized carbons (Fsp3) is 0.0690. The smallest absolute Gasteiger partial charge is 0.291 e. The molecule has 7 nitrogen and oxygen atoms in total. The summed E-state index contributed by atoms with van der Waals surface area (Å²) in [7, 11) is 0. The number of nitrogens with zero attached hydrogens (tertiary/aromatic N) is 1. The molecule has 0 aliphatic carbocycles. The van der Waals surface area contributed by atoms with Crippen molar-refractivity contribution in [3.8, 4) is 0 Å². The molecule has 0 bridgehead atoms. The van der Waals surface area contributed by atoms with Gasteiger partial charge in [-0.2, -0.15) is 0 Å². The Kier molecular flexibility index (Phi) is 6.66. The summed E-state index contributed by atoms with van der Waals surface area (Å²) in [5.74, 6) is -0.960. The van der Waals surface area contributed by atoms with Gasteiger partial charge in [-0.1, -0.05) is 36.0 Å². The zero-order valence-corrected chi connectivity index (χ0v) is 21.0. The van der Waals surface area contributed by atoms with E-state index in [1.807, 2.05) is 56.3 Å². The van der Waals surface area contributed by atoms with Gasteiger partial charge in [-0.05, 0) is 85.6 Å². The zero-order valence-electron chi connectivity index (χ0n) is 20.1. The van der Waals surface area contributed by atoms with Gasteiger partial charge < -0.3 is 15.1 Å². The Labute approximate surface area is 218 Å². The maximum absolute atomic E-state index is 13.6. The number of para-hydroxylation sites is 1. The molecule has 0 unspecified atom stereocenters. The van der Waals surface area contributed by atoms with Gasteiger partial charge >= 0.3 is 0 Å². The average molecular weight is 510 g/mol. The van der Waals surface area contributed by atoms with Crippen molar-refractivity contribution >= 4 is 46.5 Å². The van der Waals surface area contributed by atoms with Crippen molar-refractivity contribution in [2.24, 2.45) is 0 Å². The van der Waals surface area contributed by atoms with E-state index < -0.39 is 11.8 Å². The second-order valence-corrected chi connectivity index (χ2v) is 9.55. The van der Waals surface area contributed by atoms with E-state index in [2.05, 4.69) is 10.6 Å². The van der Waals surface area contributed by atoms with E-state index in [9.17, 15) is 14.4 Å². The largest absolute Gasteiger partial charge is 0.459 e. The molecule has 1 aliphatic rings. The standard InChI is InChI=1S/C29H23N3O4S/c1-18-10-13-22(17-19(18)2)32-28(34)25(30-20-7-4-3-5-8-20)26(29(32)35)37-23-14-11-21(12-15-23)31-27(33)24-9-6-16-36-24/h3-17,30H,1-2H3,(H,31,33). The minimum Gasteiger partial charge on any atom is -0.459 e. The summed E-state index contributed by atoms with van der Waals surface area (Å²) in [5.41, 5.74) is 4.09. The summed E-state index contributed by atoms with van der Waals surface area (Å²) < 4.78 is 5.12. The highest BCUT2D eigenvalue weighted by Gasteiger charge is 2.40. The van der Waals surface area contributed by atoms with Crippen LogP contribution in [0.3, 0.4) is 0 Å². The quantitative estimate of drug-likeness (QED) is 0.291. The fourth-order valence-corrected chi connectivity index (χ4v) is 4.73. The molecule has 0 saturated heterocycles. The lowest BCUT2D eigenvalue weighted by atomic mass is 10.1. The van der Waals surface area contributed by atoms with Crippen LogP contribution >= 0.6 is 11.8 Å². The summed E-state index contributed by atoms with van der Waals surface area (Å²) in [4.78, 5) is 41.6. The second kappa shape index (κ2) is 10.2. The highest BCUT2D eigenvalue weighted by atomic mass is 32.2. The first kappa shape index (κ1) is 24.1. The van der Waals surface area contributed by atoms with Crippen LogP contribution in [0.15, 0.2) is 111 Å². The van der Waals surface area contributed by atoms with Crippen LogP contribution in [0.5, 0.6) is 0 Å². The maximum Gasteiger partial charge on any atom is 0.291 e. The van der Waals surface area contributed by atoms with Crippen molar-refractivity contribution in [3.05, 3.63) is 119 Å². The minimum absolute atomic E-state index is 0.210. The van der Waals surface area contributed by atoms with Crippen LogP contribution in [0.1, 0.15) is 21.7 Å². The number of nitrogens with one attached hydrogen (secondary N) is 2. The number of carbonyl (C=O) groups is 3. The Balaban J connectivity index is 1.43. The van der Waals surface area contributed by atoms with Gasteiger partial charge in [-0.25, -0.2) is 4.90 Å². The highest BCUT2D eigenvalue weighted by molar-refractivity contribution is 8.04. The third kappa shape index (κ3) is 5.05. The molecule has 4 aromatic rings. The summed E-state index contributed by atoms with van der Waals surface area (Å²) in [6, 6.07) is 25.0. The van der Waals surface area contributed by atoms with Crippen LogP contribution in [-0.4, -0.2) is 17.7 Å². The Morgan fingerprint density at radius 1 is 0.811 bits per heavy atom. The number of imide groups is 1. The molecule has 3 amide bonds. The number of benzene rings is 3. The van der Waals surface area contributed by atoms with Crippen LogP contribution in [-0.2, 0) is 9.59 Å². The first-order chi connectivity index (χ1) is 17.9. The zero-order chi connectivity index (χ0) is 25.9. The summed E-state index contributed by atoms with van der Waals surface area (Å²) >= 11 is 1.20. The van der Waals surface area contributed by atoms with Gasteiger partial charge in [0.1, 0.15) is 10.6 Å². The molecule has 1 aliphatic heterocycles. The molecule has 37 heavy (non-hydrogen) atoms. The van der Waals surface area contributed by atoms with Crippen molar-refractivity contribution in [1.29, 1.82) is 0 Å². The van der Waals surface area contributed by atoms with E-state index in [-0.39, 0.29) is 17.4 Å². The van der Waals surface area contributed by atoms with E-state index in [1.165, 1.54) is 22.9 Å². The van der Waals surface area contributed by atoms with E-state index in [0.717, 1.165) is 16.0 Å². The minimum atomic E-state index is -0.415. The van der Waals surface area contributed by atoms with Gasteiger partial charge in [-0.3, -0.25) is 14.4 Å². The van der Waals surface area contributed by atoms with Crippen LogP contribution in [0.4, 0.5) is 17.1 Å². The van der Waals surface area contributed by atoms with Gasteiger partial charge in [0, 0.05) is 16.3 Å². The molecule has 2 heterocycles. The van der Waals surface area contributed by atoms with Crippen molar-refractivity contribution < 1.29 is 18.8 Å². The van der Waals surface area contributed by atoms with Gasteiger partial charge in [-0.15, -0.1) is 0 Å². The summed E-state index contributed by atoms with van der Waals surface area (Å²) in [6.07, 6.45) is 1.44. The Morgan fingerprint density at radius 3 is 2.24 bits per heavy atom. The number of anilines is 3. The molecule has 0 atom stereocenters. The first-order valence-electron chi connectivity index (χ1n) is 11.6. The van der Waals surface area contributed by atoms with E-state index in [1.54, 1.807) is 42.5 Å². The van der Waals surface area contributed by atoms with Crippen LogP contribution < -0.4 is 15.5 Å². The van der Waals surface area contributed by atoms with E-state index in [0.29, 0.717) is 22.0 Å². The van der Waals surface area contributed by atoms with Crippen LogP contribution in [0.2, 0.25) is 0 Å². The number of amides is 3. The summed E-state index contributed by atoms with van der Waals surface area (Å²) in [5, 5.41) is 5.91. The molecule has 8 heteroatoms. The van der Waals surface area contributed by atoms with Crippen molar-refractivity contribution in [2.45, 2.75) is 18.7 Å². The fourth-order valence-electron chi connectivity index (χ4n) is 3.80. The second-order valence-electron chi connectivity index (χ2n) is 8.47. The molecule has 184 valence electrons. The van der Waals surface area contributed by atoms with Crippen molar-refractivity contribution in [2.75, 3.05) is 15.5 Å². The third-order valence-corrected chi connectivity index (χ3v) is 7.00. The Bertz CT molecular complexity index is 1510. The molecule has 0 fully saturated rings. The normalized spacial score (nSPS) is 13.3. The van der Waals surface area contributed by atoms with Crippen molar-refractivity contribution in [3.63, 3.8) is 0 Å². The first-order valence-corrected chi connectivity index (χ1v) is 12.4. The SMILES string of the molecule is Cc1ccc(N2C(=O)C(Nc3ccccc3)=C(Sc3ccc(NC(=O)c4ccco4)cc3)C2=O)cc1C. The molecular weight excluding hydrogens is 486 g/mol. The van der Waals surface area contributed by atoms with Gasteiger partial charge in [0.2, 0.25) is 0 Å². The average Bonchev–Trinajstić information content (AvgIpc) is 3.52. The molecule has 0 saturated carbocycles. The predicted octanol–water partition coefficient (Wildman–Crippen LogP) is 6.14. The van der Waals surface area contributed by atoms with E-state index in [4.69, 9.17) is 4.42 Å². The number of hydrogen-bond acceptors (Lipinski definition) is 6. The topological polar surface area (TPSA) is 91.7 Å².